The van der Waals surface area contributed by atoms with Crippen molar-refractivity contribution >= 4 is 22.6 Å². The first-order chi connectivity index (χ1) is 10.3. The van der Waals surface area contributed by atoms with Crippen LogP contribution >= 0.6 is 0 Å². The van der Waals surface area contributed by atoms with Crippen LogP contribution in [-0.4, -0.2) is 27.5 Å². The molecule has 3 aromatic rings. The lowest BCUT2D eigenvalue weighted by Crippen LogP contribution is -2.25. The molecule has 1 saturated carbocycles. The highest BCUT2D eigenvalue weighted by molar-refractivity contribution is 5.79. The summed E-state index contributed by atoms with van der Waals surface area (Å²) in [7, 11) is 0. The van der Waals surface area contributed by atoms with Gasteiger partial charge in [0.1, 0.15) is 5.82 Å². The van der Waals surface area contributed by atoms with Crippen LogP contribution in [0.2, 0.25) is 0 Å². The Morgan fingerprint density at radius 1 is 1.10 bits per heavy atom. The Morgan fingerprint density at radius 2 is 1.90 bits per heavy atom. The molecule has 4 heteroatoms. The zero-order valence-electron chi connectivity index (χ0n) is 12.1. The van der Waals surface area contributed by atoms with Crippen molar-refractivity contribution < 1.29 is 0 Å². The van der Waals surface area contributed by atoms with Crippen molar-refractivity contribution in [3.63, 3.8) is 0 Å². The van der Waals surface area contributed by atoms with E-state index in [0.717, 1.165) is 40.4 Å². The monoisotopic (exact) mass is 278 g/mol. The van der Waals surface area contributed by atoms with Crippen LogP contribution in [0.5, 0.6) is 0 Å². The first kappa shape index (κ1) is 11.5. The normalized spacial score (nSPS) is 27.5. The fourth-order valence-corrected chi connectivity index (χ4v) is 4.16. The summed E-state index contributed by atoms with van der Waals surface area (Å²) in [5.41, 5.74) is 2.14. The van der Waals surface area contributed by atoms with Crippen molar-refractivity contribution in [1.29, 1.82) is 0 Å². The predicted molar refractivity (Wildman–Crippen MR) is 83.5 cm³/mol. The molecule has 3 atom stereocenters. The zero-order valence-corrected chi connectivity index (χ0v) is 12.1. The van der Waals surface area contributed by atoms with E-state index in [1.54, 1.807) is 0 Å². The first-order valence-electron chi connectivity index (χ1n) is 7.84. The number of para-hydroxylation sites is 2. The second-order valence-corrected chi connectivity index (χ2v) is 6.36. The number of aromatic nitrogens is 3. The molecule has 2 fully saturated rings. The Labute approximate surface area is 123 Å². The minimum Gasteiger partial charge on any atom is -0.356 e. The van der Waals surface area contributed by atoms with E-state index in [1.165, 1.54) is 19.5 Å². The molecular formula is C17H18N4. The van der Waals surface area contributed by atoms with Crippen molar-refractivity contribution in [2.75, 3.05) is 18.0 Å². The molecule has 0 amide bonds. The molecule has 1 aromatic carbocycles. The topological polar surface area (TPSA) is 33.4 Å². The van der Waals surface area contributed by atoms with Gasteiger partial charge in [0.2, 0.25) is 5.78 Å². The molecular weight excluding hydrogens is 260 g/mol. The van der Waals surface area contributed by atoms with Crippen LogP contribution in [0.25, 0.3) is 16.8 Å². The molecule has 5 rings (SSSR count). The summed E-state index contributed by atoms with van der Waals surface area (Å²) in [5, 5.41) is 0. The van der Waals surface area contributed by atoms with Crippen molar-refractivity contribution in [1.82, 2.24) is 14.4 Å². The van der Waals surface area contributed by atoms with E-state index in [2.05, 4.69) is 39.5 Å². The quantitative estimate of drug-likeness (QED) is 0.722. The summed E-state index contributed by atoms with van der Waals surface area (Å²) in [6.07, 6.45) is 3.44. The molecule has 2 aromatic heterocycles. The summed E-state index contributed by atoms with van der Waals surface area (Å²) >= 11 is 0. The molecule has 2 unspecified atom stereocenters. The minimum atomic E-state index is 0.807. The van der Waals surface area contributed by atoms with Crippen LogP contribution in [-0.2, 0) is 0 Å². The SMILES string of the molecule is CCC1C2CN(c3ccn4c(n3)nc3ccccc34)C[C@@H]12. The van der Waals surface area contributed by atoms with Crippen LogP contribution in [0, 0.1) is 17.8 Å². The smallest absolute Gasteiger partial charge is 0.236 e. The molecule has 21 heavy (non-hydrogen) atoms. The number of hydrogen-bond donors (Lipinski definition) is 0. The average Bonchev–Trinajstić information content (AvgIpc) is 2.88. The molecule has 0 spiro atoms. The van der Waals surface area contributed by atoms with E-state index in [0.29, 0.717) is 0 Å². The van der Waals surface area contributed by atoms with Gasteiger partial charge in [-0.3, -0.25) is 4.40 Å². The second-order valence-electron chi connectivity index (χ2n) is 6.36. The fourth-order valence-electron chi connectivity index (χ4n) is 4.16. The summed E-state index contributed by atoms with van der Waals surface area (Å²) < 4.78 is 2.07. The maximum absolute atomic E-state index is 4.78. The Hall–Kier alpha value is -2.10. The van der Waals surface area contributed by atoms with Gasteiger partial charge in [-0.25, -0.2) is 4.98 Å². The third-order valence-corrected chi connectivity index (χ3v) is 5.33. The number of hydrogen-bond acceptors (Lipinski definition) is 3. The number of piperidine rings is 1. The van der Waals surface area contributed by atoms with Gasteiger partial charge in [-0.05, 0) is 36.0 Å². The Balaban J connectivity index is 1.53. The van der Waals surface area contributed by atoms with Crippen LogP contribution in [0.1, 0.15) is 13.3 Å². The van der Waals surface area contributed by atoms with Crippen LogP contribution in [0.3, 0.4) is 0 Å². The van der Waals surface area contributed by atoms with E-state index in [-0.39, 0.29) is 0 Å². The Morgan fingerprint density at radius 3 is 2.71 bits per heavy atom. The summed E-state index contributed by atoms with van der Waals surface area (Å²) in [6, 6.07) is 10.3. The van der Waals surface area contributed by atoms with Crippen LogP contribution in [0.4, 0.5) is 5.82 Å². The molecule has 2 aliphatic rings. The molecule has 4 nitrogen and oxygen atoms in total. The third kappa shape index (κ3) is 1.56. The van der Waals surface area contributed by atoms with Crippen molar-refractivity contribution in [3.8, 4) is 0 Å². The Kier molecular flexibility index (Phi) is 2.18. The van der Waals surface area contributed by atoms with Gasteiger partial charge in [-0.2, -0.15) is 4.98 Å². The largest absolute Gasteiger partial charge is 0.356 e. The third-order valence-electron chi connectivity index (χ3n) is 5.33. The van der Waals surface area contributed by atoms with E-state index in [9.17, 15) is 0 Å². The Bertz CT molecular complexity index is 825. The van der Waals surface area contributed by atoms with E-state index in [4.69, 9.17) is 4.98 Å². The lowest BCUT2D eigenvalue weighted by Gasteiger charge is -2.20. The number of rotatable bonds is 2. The summed E-state index contributed by atoms with van der Waals surface area (Å²) in [5.74, 6) is 4.68. The average molecular weight is 278 g/mol. The van der Waals surface area contributed by atoms with E-state index in [1.807, 2.05) is 18.2 Å². The highest BCUT2D eigenvalue weighted by Crippen LogP contribution is 2.53. The molecule has 106 valence electrons. The number of imidazole rings is 1. The number of benzene rings is 1. The molecule has 1 aliphatic heterocycles. The standard InChI is InChI=1S/C17H18N4/c1-2-11-12-9-20(10-13(11)12)16-7-8-21-15-6-4-3-5-14(15)18-17(21)19-16/h3-8,11-13H,2,9-10H2,1H3/t11?,12-,13?/m0/s1. The van der Waals surface area contributed by atoms with E-state index >= 15 is 0 Å². The van der Waals surface area contributed by atoms with Gasteiger partial charge < -0.3 is 4.90 Å². The molecule has 0 N–H and O–H groups in total. The molecule has 3 heterocycles. The summed E-state index contributed by atoms with van der Waals surface area (Å²) in [6.45, 7) is 4.66. The highest BCUT2D eigenvalue weighted by atomic mass is 15.3. The maximum Gasteiger partial charge on any atom is 0.236 e. The zero-order chi connectivity index (χ0) is 14.0. The lowest BCUT2D eigenvalue weighted by molar-refractivity contribution is 0.618. The van der Waals surface area contributed by atoms with Crippen molar-refractivity contribution in [2.24, 2.45) is 17.8 Å². The van der Waals surface area contributed by atoms with Gasteiger partial charge in [0.25, 0.3) is 0 Å². The van der Waals surface area contributed by atoms with Gasteiger partial charge in [-0.15, -0.1) is 0 Å². The number of anilines is 1. The van der Waals surface area contributed by atoms with E-state index < -0.39 is 0 Å². The number of nitrogens with zero attached hydrogens (tertiary/aromatic N) is 4. The second kappa shape index (κ2) is 3.97. The summed E-state index contributed by atoms with van der Waals surface area (Å²) in [4.78, 5) is 11.8. The van der Waals surface area contributed by atoms with Gasteiger partial charge in [-0.1, -0.05) is 25.5 Å². The van der Waals surface area contributed by atoms with Gasteiger partial charge in [0, 0.05) is 19.3 Å². The van der Waals surface area contributed by atoms with Gasteiger partial charge >= 0.3 is 0 Å². The van der Waals surface area contributed by atoms with Gasteiger partial charge in [0.15, 0.2) is 0 Å². The molecule has 1 saturated heterocycles. The predicted octanol–water partition coefficient (Wildman–Crippen LogP) is 2.97. The molecule has 1 aliphatic carbocycles. The fraction of sp³-hybridized carbons (Fsp3) is 0.412. The van der Waals surface area contributed by atoms with Crippen molar-refractivity contribution in [3.05, 3.63) is 36.5 Å². The molecule has 0 bridgehead atoms. The van der Waals surface area contributed by atoms with Crippen LogP contribution < -0.4 is 4.90 Å². The maximum atomic E-state index is 4.78. The van der Waals surface area contributed by atoms with Crippen LogP contribution in [0.15, 0.2) is 36.5 Å². The van der Waals surface area contributed by atoms with Gasteiger partial charge in [0.05, 0.1) is 11.0 Å². The van der Waals surface area contributed by atoms with Crippen molar-refractivity contribution in [2.45, 2.75) is 13.3 Å². The number of fused-ring (bicyclic) bond motifs is 4. The minimum absolute atomic E-state index is 0.807. The lowest BCUT2D eigenvalue weighted by atomic mass is 10.2. The molecule has 0 radical (unpaired) electrons. The first-order valence-corrected chi connectivity index (χ1v) is 7.84. The highest BCUT2D eigenvalue weighted by Gasteiger charge is 2.54.